The summed E-state index contributed by atoms with van der Waals surface area (Å²) >= 11 is 0. The molecule has 0 heterocycles. The molecule has 27 heavy (non-hydrogen) atoms. The van der Waals surface area contributed by atoms with Gasteiger partial charge in [-0.25, -0.2) is 0 Å². The average Bonchev–Trinajstić information content (AvgIpc) is 2.67. The first-order chi connectivity index (χ1) is 12.9. The third kappa shape index (κ3) is 6.66. The summed E-state index contributed by atoms with van der Waals surface area (Å²) in [6, 6.07) is 17.9. The van der Waals surface area contributed by atoms with E-state index in [2.05, 4.69) is 53.7 Å². The van der Waals surface area contributed by atoms with Gasteiger partial charge in [-0.3, -0.25) is 9.79 Å². The molecule has 4 N–H and O–H groups in total. The second kappa shape index (κ2) is 9.62. The number of aliphatic imine (C=N–C) groups is 1. The summed E-state index contributed by atoms with van der Waals surface area (Å²) in [5.74, 6) is 0.841. The van der Waals surface area contributed by atoms with Crippen molar-refractivity contribution < 1.29 is 9.53 Å². The van der Waals surface area contributed by atoms with E-state index in [4.69, 9.17) is 10.5 Å². The second-order valence-electron chi connectivity index (χ2n) is 6.93. The van der Waals surface area contributed by atoms with Crippen molar-refractivity contribution in [1.82, 2.24) is 10.6 Å². The highest BCUT2D eigenvalue weighted by Crippen LogP contribution is 2.21. The topological polar surface area (TPSA) is 88.7 Å². The lowest BCUT2D eigenvalue weighted by molar-refractivity contribution is -0.119. The van der Waals surface area contributed by atoms with Gasteiger partial charge < -0.3 is 21.1 Å². The molecular formula is C21H28N4O2. The molecule has 0 fully saturated rings. The van der Waals surface area contributed by atoms with Gasteiger partial charge in [-0.05, 0) is 23.3 Å². The van der Waals surface area contributed by atoms with E-state index in [1.165, 1.54) is 5.56 Å². The van der Waals surface area contributed by atoms with Crippen LogP contribution in [0, 0.1) is 0 Å². The van der Waals surface area contributed by atoms with E-state index in [0.29, 0.717) is 12.3 Å². The second-order valence-corrected chi connectivity index (χ2v) is 6.93. The van der Waals surface area contributed by atoms with Gasteiger partial charge in [0.05, 0.1) is 0 Å². The Morgan fingerprint density at radius 3 is 2.52 bits per heavy atom. The average molecular weight is 368 g/mol. The third-order valence-electron chi connectivity index (χ3n) is 4.22. The number of nitrogens with one attached hydrogen (secondary N) is 2. The van der Waals surface area contributed by atoms with Gasteiger partial charge in [0.25, 0.3) is 5.91 Å². The van der Waals surface area contributed by atoms with Crippen molar-refractivity contribution in [2.24, 2.45) is 10.7 Å². The number of hydrogen-bond acceptors (Lipinski definition) is 3. The Kier molecular flexibility index (Phi) is 7.23. The van der Waals surface area contributed by atoms with E-state index in [-0.39, 0.29) is 12.0 Å². The van der Waals surface area contributed by atoms with Crippen LogP contribution in [0.2, 0.25) is 0 Å². The molecule has 0 bridgehead atoms. The molecule has 0 aliphatic carbocycles. The van der Waals surface area contributed by atoms with Gasteiger partial charge in [0.1, 0.15) is 5.75 Å². The minimum Gasteiger partial charge on any atom is -0.484 e. The highest BCUT2D eigenvalue weighted by molar-refractivity contribution is 5.79. The number of hydrogen-bond donors (Lipinski definition) is 3. The smallest absolute Gasteiger partial charge is 0.255 e. The van der Waals surface area contributed by atoms with Crippen LogP contribution in [-0.4, -0.2) is 32.1 Å². The molecule has 6 heteroatoms. The molecule has 0 radical (unpaired) electrons. The SMILES string of the molecule is CN=C(NCc1cccc(OCC(N)=O)c1)NCC(C)(C)c1ccccc1. The molecule has 0 aliphatic rings. The summed E-state index contributed by atoms with van der Waals surface area (Å²) in [5, 5.41) is 6.67. The number of nitrogens with two attached hydrogens (primary N) is 1. The van der Waals surface area contributed by atoms with E-state index in [1.807, 2.05) is 24.3 Å². The number of ether oxygens (including phenoxy) is 1. The van der Waals surface area contributed by atoms with Crippen LogP contribution in [0.1, 0.15) is 25.0 Å². The molecule has 0 saturated heterocycles. The molecule has 0 aliphatic heterocycles. The van der Waals surface area contributed by atoms with Crippen molar-refractivity contribution >= 4 is 11.9 Å². The molecule has 0 unspecified atom stereocenters. The third-order valence-corrected chi connectivity index (χ3v) is 4.22. The Hall–Kier alpha value is -3.02. The monoisotopic (exact) mass is 368 g/mol. The lowest BCUT2D eigenvalue weighted by atomic mass is 9.85. The highest BCUT2D eigenvalue weighted by Gasteiger charge is 2.20. The van der Waals surface area contributed by atoms with Crippen LogP contribution < -0.4 is 21.1 Å². The zero-order valence-corrected chi connectivity index (χ0v) is 16.2. The lowest BCUT2D eigenvalue weighted by Crippen LogP contribution is -2.43. The molecule has 6 nitrogen and oxygen atoms in total. The predicted molar refractivity (Wildman–Crippen MR) is 109 cm³/mol. The maximum absolute atomic E-state index is 10.8. The number of carbonyl (C=O) groups is 1. The van der Waals surface area contributed by atoms with Crippen LogP contribution in [0.5, 0.6) is 5.75 Å². The van der Waals surface area contributed by atoms with Gasteiger partial charge in [-0.2, -0.15) is 0 Å². The minimum atomic E-state index is -0.496. The highest BCUT2D eigenvalue weighted by atomic mass is 16.5. The van der Waals surface area contributed by atoms with E-state index >= 15 is 0 Å². The number of primary amides is 1. The maximum atomic E-state index is 10.8. The first kappa shape index (κ1) is 20.3. The van der Waals surface area contributed by atoms with Crippen LogP contribution in [0.4, 0.5) is 0 Å². The van der Waals surface area contributed by atoms with E-state index in [0.717, 1.165) is 18.1 Å². The molecular weight excluding hydrogens is 340 g/mol. The van der Waals surface area contributed by atoms with Crippen molar-refractivity contribution in [1.29, 1.82) is 0 Å². The van der Waals surface area contributed by atoms with Gasteiger partial charge in [-0.15, -0.1) is 0 Å². The number of carbonyl (C=O) groups excluding carboxylic acids is 1. The fourth-order valence-electron chi connectivity index (χ4n) is 2.60. The summed E-state index contributed by atoms with van der Waals surface area (Å²) in [4.78, 5) is 15.1. The van der Waals surface area contributed by atoms with E-state index in [9.17, 15) is 4.79 Å². The molecule has 0 spiro atoms. The molecule has 144 valence electrons. The molecule has 0 aromatic heterocycles. The first-order valence-corrected chi connectivity index (χ1v) is 8.91. The quantitative estimate of drug-likeness (QED) is 0.492. The zero-order valence-electron chi connectivity index (χ0n) is 16.2. The number of amides is 1. The molecule has 0 saturated carbocycles. The van der Waals surface area contributed by atoms with Crippen LogP contribution >= 0.6 is 0 Å². The van der Waals surface area contributed by atoms with Crippen molar-refractivity contribution in [3.05, 3.63) is 65.7 Å². The number of benzene rings is 2. The summed E-state index contributed by atoms with van der Waals surface area (Å²) in [7, 11) is 1.75. The normalized spacial score (nSPS) is 11.7. The van der Waals surface area contributed by atoms with E-state index in [1.54, 1.807) is 13.1 Å². The fourth-order valence-corrected chi connectivity index (χ4v) is 2.60. The Balaban J connectivity index is 1.89. The summed E-state index contributed by atoms with van der Waals surface area (Å²) in [5.41, 5.74) is 7.37. The van der Waals surface area contributed by atoms with Crippen LogP contribution in [-0.2, 0) is 16.8 Å². The predicted octanol–water partition coefficient (Wildman–Crippen LogP) is 2.19. The number of guanidine groups is 1. The first-order valence-electron chi connectivity index (χ1n) is 8.91. The molecule has 1 amide bonds. The fraction of sp³-hybridized carbons (Fsp3) is 0.333. The standard InChI is InChI=1S/C21H28N4O2/c1-21(2,17-9-5-4-6-10-17)15-25-20(23-3)24-13-16-8-7-11-18(12-16)27-14-19(22)26/h4-12H,13-15H2,1-3H3,(H2,22,26)(H2,23,24,25). The summed E-state index contributed by atoms with van der Waals surface area (Å²) < 4.78 is 5.33. The number of rotatable bonds is 8. The molecule has 0 atom stereocenters. The van der Waals surface area contributed by atoms with Gasteiger partial charge in [0.15, 0.2) is 12.6 Å². The largest absolute Gasteiger partial charge is 0.484 e. The van der Waals surface area contributed by atoms with Gasteiger partial charge in [0.2, 0.25) is 0 Å². The Labute approximate surface area is 160 Å². The number of nitrogens with zero attached hydrogens (tertiary/aromatic N) is 1. The van der Waals surface area contributed by atoms with Gasteiger partial charge in [0, 0.05) is 25.6 Å². The molecule has 2 aromatic rings. The lowest BCUT2D eigenvalue weighted by Gasteiger charge is -2.26. The zero-order chi connectivity index (χ0) is 19.7. The Morgan fingerprint density at radius 1 is 1.11 bits per heavy atom. The summed E-state index contributed by atoms with van der Waals surface area (Å²) in [6.07, 6.45) is 0. The van der Waals surface area contributed by atoms with Crippen LogP contribution in [0.15, 0.2) is 59.6 Å². The van der Waals surface area contributed by atoms with Crippen molar-refractivity contribution in [2.75, 3.05) is 20.2 Å². The van der Waals surface area contributed by atoms with Crippen LogP contribution in [0.25, 0.3) is 0 Å². The minimum absolute atomic E-state index is 0.0264. The maximum Gasteiger partial charge on any atom is 0.255 e. The molecule has 2 aromatic carbocycles. The van der Waals surface area contributed by atoms with Crippen LogP contribution in [0.3, 0.4) is 0 Å². The Morgan fingerprint density at radius 2 is 1.85 bits per heavy atom. The van der Waals surface area contributed by atoms with Gasteiger partial charge >= 0.3 is 0 Å². The van der Waals surface area contributed by atoms with E-state index < -0.39 is 5.91 Å². The van der Waals surface area contributed by atoms with Gasteiger partial charge in [-0.1, -0.05) is 56.3 Å². The van der Waals surface area contributed by atoms with Crippen molar-refractivity contribution in [3.63, 3.8) is 0 Å². The van der Waals surface area contributed by atoms with Crippen molar-refractivity contribution in [2.45, 2.75) is 25.8 Å². The summed E-state index contributed by atoms with van der Waals surface area (Å²) in [6.45, 7) is 5.59. The molecule has 2 rings (SSSR count). The van der Waals surface area contributed by atoms with Crippen molar-refractivity contribution in [3.8, 4) is 5.75 Å². The Bertz CT molecular complexity index is 773.